The van der Waals surface area contributed by atoms with Crippen LogP contribution in [-0.4, -0.2) is 43.7 Å². The molecule has 0 aliphatic carbocycles. The van der Waals surface area contributed by atoms with E-state index in [1.165, 1.54) is 10.4 Å². The number of amides is 2. The van der Waals surface area contributed by atoms with E-state index in [9.17, 15) is 18.0 Å². The maximum absolute atomic E-state index is 13.5. The minimum Gasteiger partial charge on any atom is -0.479 e. The Morgan fingerprint density at radius 2 is 1.97 bits per heavy atom. The molecule has 2 atom stereocenters. The Labute approximate surface area is 198 Å². The number of aryl methyl sites for hydroxylation is 2. The number of carbonyl (C=O) groups is 2. The number of nitrogens with one attached hydrogen (secondary N) is 2. The van der Waals surface area contributed by atoms with E-state index < -0.39 is 22.0 Å². The van der Waals surface area contributed by atoms with Gasteiger partial charge >= 0.3 is 0 Å². The van der Waals surface area contributed by atoms with Gasteiger partial charge in [-0.1, -0.05) is 11.6 Å². The van der Waals surface area contributed by atoms with Crippen molar-refractivity contribution < 1.29 is 22.7 Å². The molecule has 8 nitrogen and oxygen atoms in total. The van der Waals surface area contributed by atoms with E-state index in [0.29, 0.717) is 47.1 Å². The van der Waals surface area contributed by atoms with Crippen molar-refractivity contribution in [2.45, 2.75) is 44.6 Å². The Balaban J connectivity index is 1.54. The van der Waals surface area contributed by atoms with Crippen LogP contribution in [0.25, 0.3) is 0 Å². The van der Waals surface area contributed by atoms with Crippen LogP contribution in [0.5, 0.6) is 5.75 Å². The van der Waals surface area contributed by atoms with E-state index in [0.717, 1.165) is 5.56 Å². The van der Waals surface area contributed by atoms with E-state index in [1.807, 2.05) is 6.92 Å². The standard InChI is InChI=1S/C23H26ClN3O5S/c1-13-9-17(24)6-7-18(13)25-23(29)16-5-4-8-27(12-16)33(30,31)21-11-20-19(10-14(21)2)26-22(28)15(3)32-20/h6-7,9-11,15-16H,4-5,8,12H2,1-3H3,(H,25,29)(H,26,28)/t15-,16-/m0/s1. The highest BCUT2D eigenvalue weighted by atomic mass is 35.5. The first-order valence-corrected chi connectivity index (χ1v) is 12.6. The summed E-state index contributed by atoms with van der Waals surface area (Å²) in [4.78, 5) is 24.9. The maximum atomic E-state index is 13.5. The number of halogens is 1. The smallest absolute Gasteiger partial charge is 0.265 e. The number of fused-ring (bicyclic) bond motifs is 1. The van der Waals surface area contributed by atoms with E-state index >= 15 is 0 Å². The summed E-state index contributed by atoms with van der Waals surface area (Å²) in [6, 6.07) is 8.26. The average Bonchev–Trinajstić information content (AvgIpc) is 2.76. The average molecular weight is 492 g/mol. The highest BCUT2D eigenvalue weighted by Gasteiger charge is 2.35. The molecule has 0 radical (unpaired) electrons. The van der Waals surface area contributed by atoms with Gasteiger partial charge in [-0.2, -0.15) is 4.31 Å². The lowest BCUT2D eigenvalue weighted by Crippen LogP contribution is -2.44. The van der Waals surface area contributed by atoms with Crippen molar-refractivity contribution in [3.8, 4) is 5.75 Å². The minimum atomic E-state index is -3.87. The van der Waals surface area contributed by atoms with E-state index in [2.05, 4.69) is 10.6 Å². The molecule has 4 rings (SSSR count). The van der Waals surface area contributed by atoms with Crippen LogP contribution in [0.1, 0.15) is 30.9 Å². The minimum absolute atomic E-state index is 0.0886. The number of nitrogens with zero attached hydrogens (tertiary/aromatic N) is 1. The predicted octanol–water partition coefficient (Wildman–Crippen LogP) is 3.72. The number of benzene rings is 2. The van der Waals surface area contributed by atoms with Crippen LogP contribution in [0.15, 0.2) is 35.2 Å². The first kappa shape index (κ1) is 23.5. The molecule has 33 heavy (non-hydrogen) atoms. The van der Waals surface area contributed by atoms with Crippen LogP contribution in [0.2, 0.25) is 5.02 Å². The quantitative estimate of drug-likeness (QED) is 0.678. The van der Waals surface area contributed by atoms with E-state index in [4.69, 9.17) is 16.3 Å². The van der Waals surface area contributed by atoms with Crippen LogP contribution >= 0.6 is 11.6 Å². The molecule has 0 unspecified atom stereocenters. The molecular weight excluding hydrogens is 466 g/mol. The molecule has 0 aromatic heterocycles. The van der Waals surface area contributed by atoms with Gasteiger partial charge in [0.15, 0.2) is 6.10 Å². The predicted molar refractivity (Wildman–Crippen MR) is 126 cm³/mol. The number of sulfonamides is 1. The molecule has 2 aromatic carbocycles. The molecule has 0 saturated carbocycles. The van der Waals surface area contributed by atoms with Gasteiger partial charge in [0.25, 0.3) is 5.91 Å². The van der Waals surface area contributed by atoms with Gasteiger partial charge in [-0.25, -0.2) is 8.42 Å². The molecule has 2 aromatic rings. The fourth-order valence-corrected chi connectivity index (χ4v) is 6.11. The zero-order chi connectivity index (χ0) is 23.9. The Morgan fingerprint density at radius 3 is 2.70 bits per heavy atom. The highest BCUT2D eigenvalue weighted by Crippen LogP contribution is 2.36. The third kappa shape index (κ3) is 4.71. The van der Waals surface area contributed by atoms with Crippen LogP contribution in [-0.2, 0) is 19.6 Å². The van der Waals surface area contributed by atoms with Crippen molar-refractivity contribution in [2.75, 3.05) is 23.7 Å². The number of piperidine rings is 1. The monoisotopic (exact) mass is 491 g/mol. The fourth-order valence-electron chi connectivity index (χ4n) is 4.14. The van der Waals surface area contributed by atoms with Crippen molar-refractivity contribution in [2.24, 2.45) is 5.92 Å². The van der Waals surface area contributed by atoms with Crippen molar-refractivity contribution in [1.82, 2.24) is 4.31 Å². The molecule has 10 heteroatoms. The number of hydrogen-bond acceptors (Lipinski definition) is 5. The summed E-state index contributed by atoms with van der Waals surface area (Å²) in [5.41, 5.74) is 2.43. The highest BCUT2D eigenvalue weighted by molar-refractivity contribution is 7.89. The van der Waals surface area contributed by atoms with Gasteiger partial charge in [-0.15, -0.1) is 0 Å². The largest absolute Gasteiger partial charge is 0.479 e. The lowest BCUT2D eigenvalue weighted by atomic mass is 9.98. The molecule has 176 valence electrons. The normalized spacial score (nSPS) is 21.0. The van der Waals surface area contributed by atoms with Crippen molar-refractivity contribution in [1.29, 1.82) is 0 Å². The number of carbonyl (C=O) groups excluding carboxylic acids is 2. The summed E-state index contributed by atoms with van der Waals surface area (Å²) in [5.74, 6) is -0.659. The summed E-state index contributed by atoms with van der Waals surface area (Å²) in [5, 5.41) is 6.21. The van der Waals surface area contributed by atoms with Gasteiger partial charge < -0.3 is 15.4 Å². The second-order valence-corrected chi connectivity index (χ2v) is 10.9. The molecule has 1 fully saturated rings. The number of rotatable bonds is 4. The molecule has 1 saturated heterocycles. The van der Waals surface area contributed by atoms with Crippen LogP contribution < -0.4 is 15.4 Å². The van der Waals surface area contributed by atoms with Crippen molar-refractivity contribution in [3.05, 3.63) is 46.5 Å². The zero-order valence-electron chi connectivity index (χ0n) is 18.6. The number of hydrogen-bond donors (Lipinski definition) is 2. The summed E-state index contributed by atoms with van der Waals surface area (Å²) in [6.07, 6.45) is 0.459. The van der Waals surface area contributed by atoms with E-state index in [-0.39, 0.29) is 23.3 Å². The molecule has 2 heterocycles. The van der Waals surface area contributed by atoms with Gasteiger partial charge in [-0.05, 0) is 69.0 Å². The molecule has 0 spiro atoms. The Kier molecular flexibility index (Phi) is 6.39. The van der Waals surface area contributed by atoms with Crippen LogP contribution in [0, 0.1) is 19.8 Å². The van der Waals surface area contributed by atoms with Crippen molar-refractivity contribution in [3.63, 3.8) is 0 Å². The molecule has 2 amide bonds. The molecule has 2 aliphatic heterocycles. The third-order valence-electron chi connectivity index (χ3n) is 6.03. The number of ether oxygens (including phenoxy) is 1. The topological polar surface area (TPSA) is 105 Å². The van der Waals surface area contributed by atoms with Gasteiger partial charge in [0.2, 0.25) is 15.9 Å². The van der Waals surface area contributed by atoms with Crippen LogP contribution in [0.4, 0.5) is 11.4 Å². The van der Waals surface area contributed by atoms with Crippen LogP contribution in [0.3, 0.4) is 0 Å². The molecule has 2 N–H and O–H groups in total. The van der Waals surface area contributed by atoms with Gasteiger partial charge in [0.05, 0.1) is 16.5 Å². The molecule has 2 aliphatic rings. The first-order chi connectivity index (χ1) is 15.6. The molecular formula is C23H26ClN3O5S. The zero-order valence-corrected chi connectivity index (χ0v) is 20.2. The van der Waals surface area contributed by atoms with Gasteiger partial charge in [0, 0.05) is 29.9 Å². The summed E-state index contributed by atoms with van der Waals surface area (Å²) >= 11 is 5.99. The SMILES string of the molecule is Cc1cc(Cl)ccc1NC(=O)[C@H]1CCCN(S(=O)(=O)c2cc3c(cc2C)NC(=O)[C@H](C)O3)C1. The summed E-state index contributed by atoms with van der Waals surface area (Å²) in [6.45, 7) is 5.54. The maximum Gasteiger partial charge on any atom is 0.265 e. The summed E-state index contributed by atoms with van der Waals surface area (Å²) < 4.78 is 33.9. The van der Waals surface area contributed by atoms with Gasteiger partial charge in [0.1, 0.15) is 5.75 Å². The third-order valence-corrected chi connectivity index (χ3v) is 8.27. The van der Waals surface area contributed by atoms with Gasteiger partial charge in [-0.3, -0.25) is 9.59 Å². The van der Waals surface area contributed by atoms with E-state index in [1.54, 1.807) is 38.1 Å². The Bertz CT molecular complexity index is 1230. The lowest BCUT2D eigenvalue weighted by molar-refractivity contribution is -0.123. The molecule has 0 bridgehead atoms. The fraction of sp³-hybridized carbons (Fsp3) is 0.391. The Hall–Kier alpha value is -2.62. The number of anilines is 2. The lowest BCUT2D eigenvalue weighted by Gasteiger charge is -2.32. The second-order valence-electron chi connectivity index (χ2n) is 8.51. The first-order valence-electron chi connectivity index (χ1n) is 10.8. The Morgan fingerprint density at radius 1 is 1.21 bits per heavy atom. The second kappa shape index (κ2) is 8.96. The summed E-state index contributed by atoms with van der Waals surface area (Å²) in [7, 11) is -3.87. The van der Waals surface area contributed by atoms with Crippen molar-refractivity contribution >= 4 is 44.8 Å².